The van der Waals surface area contributed by atoms with Gasteiger partial charge in [0.2, 0.25) is 0 Å². The van der Waals surface area contributed by atoms with Gasteiger partial charge in [-0.1, -0.05) is 24.3 Å². The van der Waals surface area contributed by atoms with Crippen LogP contribution in [0.1, 0.15) is 31.0 Å². The fraction of sp³-hybridized carbons (Fsp3) is 0.429. The summed E-state index contributed by atoms with van der Waals surface area (Å²) in [6.45, 7) is 7.78. The summed E-state index contributed by atoms with van der Waals surface area (Å²) in [5, 5.41) is 6.96. The van der Waals surface area contributed by atoms with E-state index in [1.54, 1.807) is 0 Å². The first-order valence-electron chi connectivity index (χ1n) is 9.51. The van der Waals surface area contributed by atoms with Crippen LogP contribution >= 0.6 is 24.0 Å². The normalized spacial score (nSPS) is 15.2. The number of aliphatic imine (C=N–C) groups is 1. The molecule has 0 amide bonds. The molecule has 0 saturated carbocycles. The van der Waals surface area contributed by atoms with Gasteiger partial charge in [-0.2, -0.15) is 0 Å². The summed E-state index contributed by atoms with van der Waals surface area (Å²) in [5.74, 6) is 0.885. The second kappa shape index (κ2) is 11.1. The summed E-state index contributed by atoms with van der Waals surface area (Å²) in [6.07, 6.45) is 4.06. The average molecular weight is 479 g/mol. The quantitative estimate of drug-likeness (QED) is 0.390. The predicted molar refractivity (Wildman–Crippen MR) is 124 cm³/mol. The van der Waals surface area contributed by atoms with Crippen LogP contribution in [0.15, 0.2) is 53.7 Å². The average Bonchev–Trinajstić information content (AvgIpc) is 2.69. The molecule has 1 fully saturated rings. The summed E-state index contributed by atoms with van der Waals surface area (Å²) in [4.78, 5) is 11.6. The maximum Gasteiger partial charge on any atom is 0.191 e. The largest absolute Gasteiger partial charge is 0.371 e. The third-order valence-electron chi connectivity index (χ3n) is 4.81. The number of nitrogens with zero attached hydrogens (tertiary/aromatic N) is 3. The number of halogens is 1. The number of pyridine rings is 1. The Kier molecular flexibility index (Phi) is 8.84. The molecule has 0 aliphatic carbocycles. The number of anilines is 1. The van der Waals surface area contributed by atoms with Crippen LogP contribution in [-0.2, 0) is 6.54 Å². The van der Waals surface area contributed by atoms with Gasteiger partial charge in [0.15, 0.2) is 5.96 Å². The lowest BCUT2D eigenvalue weighted by atomic mass is 10.0. The lowest BCUT2D eigenvalue weighted by Gasteiger charge is -2.34. The number of hydrogen-bond donors (Lipinski definition) is 2. The summed E-state index contributed by atoms with van der Waals surface area (Å²) >= 11 is 0. The van der Waals surface area contributed by atoms with Crippen molar-refractivity contribution in [3.63, 3.8) is 0 Å². The van der Waals surface area contributed by atoms with Crippen LogP contribution in [0, 0.1) is 6.92 Å². The highest BCUT2D eigenvalue weighted by atomic mass is 127. The van der Waals surface area contributed by atoms with E-state index < -0.39 is 0 Å². The third kappa shape index (κ3) is 6.37. The summed E-state index contributed by atoms with van der Waals surface area (Å²) in [5.41, 5.74) is 3.53. The number of nitrogens with one attached hydrogen (secondary N) is 2. The van der Waals surface area contributed by atoms with Gasteiger partial charge < -0.3 is 15.5 Å². The second-order valence-electron chi connectivity index (χ2n) is 6.70. The number of aryl methyl sites for hydroxylation is 1. The van der Waals surface area contributed by atoms with Crippen molar-refractivity contribution in [3.8, 4) is 0 Å². The molecule has 1 saturated heterocycles. The van der Waals surface area contributed by atoms with E-state index in [2.05, 4.69) is 70.8 Å². The van der Waals surface area contributed by atoms with E-state index in [9.17, 15) is 0 Å². The van der Waals surface area contributed by atoms with Gasteiger partial charge >= 0.3 is 0 Å². The molecule has 3 rings (SSSR count). The Labute approximate surface area is 179 Å². The molecule has 1 aromatic heterocycles. The van der Waals surface area contributed by atoms with Gasteiger partial charge in [-0.25, -0.2) is 4.99 Å². The van der Waals surface area contributed by atoms with Crippen LogP contribution in [0.3, 0.4) is 0 Å². The highest BCUT2D eigenvalue weighted by Crippen LogP contribution is 2.19. The first kappa shape index (κ1) is 21.5. The number of piperidine rings is 1. The molecule has 2 heterocycles. The SMILES string of the molecule is CCNC(=NCc1ncccc1C)NC1CCN(c2ccccc2)CC1.I. The van der Waals surface area contributed by atoms with E-state index in [0.29, 0.717) is 12.6 Å². The molecule has 1 aliphatic heterocycles. The zero-order chi connectivity index (χ0) is 18.2. The van der Waals surface area contributed by atoms with Crippen molar-refractivity contribution in [3.05, 3.63) is 59.9 Å². The first-order chi connectivity index (χ1) is 12.8. The molecule has 2 aromatic rings. The van der Waals surface area contributed by atoms with E-state index in [-0.39, 0.29) is 24.0 Å². The van der Waals surface area contributed by atoms with Crippen molar-refractivity contribution in [1.29, 1.82) is 0 Å². The van der Waals surface area contributed by atoms with Crippen LogP contribution in [0.5, 0.6) is 0 Å². The van der Waals surface area contributed by atoms with Crippen molar-refractivity contribution in [2.45, 2.75) is 39.3 Å². The molecule has 27 heavy (non-hydrogen) atoms. The highest BCUT2D eigenvalue weighted by molar-refractivity contribution is 14.0. The second-order valence-corrected chi connectivity index (χ2v) is 6.70. The number of guanidine groups is 1. The molecule has 0 atom stereocenters. The summed E-state index contributed by atoms with van der Waals surface area (Å²) in [7, 11) is 0. The molecule has 1 aromatic carbocycles. The minimum atomic E-state index is 0. The number of hydrogen-bond acceptors (Lipinski definition) is 3. The molecule has 2 N–H and O–H groups in total. The fourth-order valence-corrected chi connectivity index (χ4v) is 3.27. The zero-order valence-electron chi connectivity index (χ0n) is 16.2. The molecule has 0 radical (unpaired) electrons. The van der Waals surface area contributed by atoms with Crippen LogP contribution in [0.25, 0.3) is 0 Å². The van der Waals surface area contributed by atoms with Crippen molar-refractivity contribution < 1.29 is 0 Å². The fourth-order valence-electron chi connectivity index (χ4n) is 3.27. The Balaban J connectivity index is 0.00000261. The highest BCUT2D eigenvalue weighted by Gasteiger charge is 2.20. The molecule has 1 aliphatic rings. The first-order valence-corrected chi connectivity index (χ1v) is 9.51. The molecule has 146 valence electrons. The van der Waals surface area contributed by atoms with Gasteiger partial charge in [0.1, 0.15) is 0 Å². The molecule has 5 nitrogen and oxygen atoms in total. The minimum Gasteiger partial charge on any atom is -0.371 e. The van der Waals surface area contributed by atoms with Crippen LogP contribution < -0.4 is 15.5 Å². The van der Waals surface area contributed by atoms with Crippen molar-refractivity contribution in [1.82, 2.24) is 15.6 Å². The number of rotatable bonds is 5. The number of aromatic nitrogens is 1. The van der Waals surface area contributed by atoms with E-state index in [0.717, 1.165) is 44.1 Å². The molecule has 6 heteroatoms. The predicted octanol–water partition coefficient (Wildman–Crippen LogP) is 3.73. The van der Waals surface area contributed by atoms with Gasteiger partial charge in [-0.05, 0) is 50.5 Å². The third-order valence-corrected chi connectivity index (χ3v) is 4.81. The minimum absolute atomic E-state index is 0. The van der Waals surface area contributed by atoms with Gasteiger partial charge in [0.25, 0.3) is 0 Å². The van der Waals surface area contributed by atoms with Gasteiger partial charge in [-0.15, -0.1) is 24.0 Å². The molecule has 0 bridgehead atoms. The standard InChI is InChI=1S/C21H29N5.HI/c1-3-22-21(24-16-20-17(2)8-7-13-23-20)25-18-11-14-26(15-12-18)19-9-5-4-6-10-19;/h4-10,13,18H,3,11-12,14-16H2,1-2H3,(H2,22,24,25);1H. The lowest BCUT2D eigenvalue weighted by Crippen LogP contribution is -2.48. The van der Waals surface area contributed by atoms with Crippen LogP contribution in [0.4, 0.5) is 5.69 Å². The molecule has 0 unspecified atom stereocenters. The molecular formula is C21H30IN5. The van der Waals surface area contributed by atoms with Crippen LogP contribution in [-0.4, -0.2) is 36.6 Å². The van der Waals surface area contributed by atoms with E-state index in [1.165, 1.54) is 11.3 Å². The Morgan fingerprint density at radius 3 is 2.56 bits per heavy atom. The van der Waals surface area contributed by atoms with E-state index >= 15 is 0 Å². The Morgan fingerprint density at radius 2 is 1.89 bits per heavy atom. The van der Waals surface area contributed by atoms with Crippen molar-refractivity contribution in [2.75, 3.05) is 24.5 Å². The summed E-state index contributed by atoms with van der Waals surface area (Å²) < 4.78 is 0. The monoisotopic (exact) mass is 479 g/mol. The number of benzene rings is 1. The maximum absolute atomic E-state index is 4.73. The Morgan fingerprint density at radius 1 is 1.15 bits per heavy atom. The van der Waals surface area contributed by atoms with Gasteiger partial charge in [-0.3, -0.25) is 4.98 Å². The van der Waals surface area contributed by atoms with Crippen molar-refractivity contribution in [2.24, 2.45) is 4.99 Å². The maximum atomic E-state index is 4.73. The Hall–Kier alpha value is -1.83. The Bertz CT molecular complexity index is 712. The van der Waals surface area contributed by atoms with Gasteiger partial charge in [0.05, 0.1) is 12.2 Å². The summed E-state index contributed by atoms with van der Waals surface area (Å²) in [6, 6.07) is 15.2. The van der Waals surface area contributed by atoms with E-state index in [1.807, 2.05) is 12.3 Å². The van der Waals surface area contributed by atoms with E-state index in [4.69, 9.17) is 4.99 Å². The van der Waals surface area contributed by atoms with Crippen LogP contribution in [0.2, 0.25) is 0 Å². The molecular weight excluding hydrogens is 449 g/mol. The number of para-hydroxylation sites is 1. The lowest BCUT2D eigenvalue weighted by molar-refractivity contribution is 0.461. The molecule has 0 spiro atoms. The topological polar surface area (TPSA) is 52.6 Å². The van der Waals surface area contributed by atoms with Crippen molar-refractivity contribution >= 4 is 35.6 Å². The smallest absolute Gasteiger partial charge is 0.191 e. The van der Waals surface area contributed by atoms with Gasteiger partial charge in [0, 0.05) is 37.6 Å². The zero-order valence-corrected chi connectivity index (χ0v) is 18.5.